The Morgan fingerprint density at radius 3 is 2.39 bits per heavy atom. The van der Waals surface area contributed by atoms with Crippen LogP contribution in [0.25, 0.3) is 0 Å². The van der Waals surface area contributed by atoms with E-state index in [9.17, 15) is 14.7 Å². The van der Waals surface area contributed by atoms with Gasteiger partial charge in [-0.2, -0.15) is 0 Å². The van der Waals surface area contributed by atoms with Gasteiger partial charge < -0.3 is 20.6 Å². The van der Waals surface area contributed by atoms with E-state index in [1.807, 2.05) is 6.92 Å². The maximum Gasteiger partial charge on any atom is 0.249 e. The van der Waals surface area contributed by atoms with E-state index in [2.05, 4.69) is 10.6 Å². The third-order valence-electron chi connectivity index (χ3n) is 5.86. The Labute approximate surface area is 138 Å². The molecule has 6 nitrogen and oxygen atoms in total. The smallest absolute Gasteiger partial charge is 0.249 e. The molecule has 1 atom stereocenters. The van der Waals surface area contributed by atoms with E-state index in [-0.39, 0.29) is 11.8 Å². The Kier molecular flexibility index (Phi) is 4.65. The highest BCUT2D eigenvalue weighted by molar-refractivity contribution is 6.00. The van der Waals surface area contributed by atoms with E-state index in [0.717, 1.165) is 38.8 Å². The Morgan fingerprint density at radius 2 is 1.78 bits per heavy atom. The summed E-state index contributed by atoms with van der Waals surface area (Å²) in [5.74, 6) is -0.159. The van der Waals surface area contributed by atoms with E-state index in [1.165, 1.54) is 0 Å². The van der Waals surface area contributed by atoms with Crippen LogP contribution in [-0.4, -0.2) is 58.6 Å². The number of nitrogens with one attached hydrogen (secondary N) is 2. The molecule has 0 aromatic rings. The van der Waals surface area contributed by atoms with Crippen molar-refractivity contribution >= 4 is 11.8 Å². The number of hydrogen-bond acceptors (Lipinski definition) is 4. The number of rotatable bonds is 3. The van der Waals surface area contributed by atoms with Crippen molar-refractivity contribution in [3.8, 4) is 0 Å². The zero-order valence-electron chi connectivity index (χ0n) is 14.1. The minimum Gasteiger partial charge on any atom is -0.387 e. The second-order valence-electron chi connectivity index (χ2n) is 7.34. The summed E-state index contributed by atoms with van der Waals surface area (Å²) < 4.78 is 0. The van der Waals surface area contributed by atoms with Crippen LogP contribution >= 0.6 is 0 Å². The van der Waals surface area contributed by atoms with Gasteiger partial charge in [-0.3, -0.25) is 9.59 Å². The number of carbonyl (C=O) groups is 2. The van der Waals surface area contributed by atoms with Gasteiger partial charge in [0.15, 0.2) is 0 Å². The highest BCUT2D eigenvalue weighted by Crippen LogP contribution is 2.37. The van der Waals surface area contributed by atoms with Crippen molar-refractivity contribution in [2.75, 3.05) is 19.6 Å². The van der Waals surface area contributed by atoms with Crippen molar-refractivity contribution in [3.05, 3.63) is 0 Å². The number of hydrogen-bond donors (Lipinski definition) is 3. The molecule has 3 N–H and O–H groups in total. The summed E-state index contributed by atoms with van der Waals surface area (Å²) in [6.07, 6.45) is 6.23. The molecule has 6 heteroatoms. The van der Waals surface area contributed by atoms with Gasteiger partial charge in [0.25, 0.3) is 0 Å². The molecule has 23 heavy (non-hydrogen) atoms. The summed E-state index contributed by atoms with van der Waals surface area (Å²) in [7, 11) is 0. The molecule has 1 spiro atoms. The highest BCUT2D eigenvalue weighted by Gasteiger charge is 2.57. The fourth-order valence-electron chi connectivity index (χ4n) is 4.52. The van der Waals surface area contributed by atoms with E-state index in [4.69, 9.17) is 0 Å². The van der Waals surface area contributed by atoms with Gasteiger partial charge in [0.2, 0.25) is 11.8 Å². The molecule has 0 radical (unpaired) electrons. The lowest BCUT2D eigenvalue weighted by Crippen LogP contribution is -2.76. The maximum atomic E-state index is 13.2. The van der Waals surface area contributed by atoms with Gasteiger partial charge in [0.1, 0.15) is 11.6 Å². The molecule has 0 aromatic carbocycles. The van der Waals surface area contributed by atoms with Crippen molar-refractivity contribution in [2.24, 2.45) is 0 Å². The zero-order chi connectivity index (χ0) is 16.5. The SMILES string of the molecule is CCCN1C(=O)C(C2(O)CCCCC2)NC(=O)C12CCNCC2. The Balaban J connectivity index is 1.89. The van der Waals surface area contributed by atoms with E-state index in [0.29, 0.717) is 32.2 Å². The normalized spacial score (nSPS) is 30.3. The maximum absolute atomic E-state index is 13.2. The summed E-state index contributed by atoms with van der Waals surface area (Å²) in [6.45, 7) is 4.10. The van der Waals surface area contributed by atoms with Gasteiger partial charge in [-0.1, -0.05) is 26.2 Å². The lowest BCUT2D eigenvalue weighted by atomic mass is 9.75. The van der Waals surface area contributed by atoms with Crippen LogP contribution in [-0.2, 0) is 9.59 Å². The predicted molar refractivity (Wildman–Crippen MR) is 86.8 cm³/mol. The monoisotopic (exact) mass is 323 g/mol. The molecule has 130 valence electrons. The van der Waals surface area contributed by atoms with Crippen LogP contribution in [0.4, 0.5) is 0 Å². The van der Waals surface area contributed by atoms with Crippen molar-refractivity contribution in [1.29, 1.82) is 0 Å². The van der Waals surface area contributed by atoms with Crippen molar-refractivity contribution in [2.45, 2.75) is 75.5 Å². The van der Waals surface area contributed by atoms with Gasteiger partial charge >= 0.3 is 0 Å². The molecule has 2 heterocycles. The third kappa shape index (κ3) is 2.76. The number of carbonyl (C=O) groups excluding carboxylic acids is 2. The molecule has 2 saturated heterocycles. The second-order valence-corrected chi connectivity index (χ2v) is 7.34. The van der Waals surface area contributed by atoms with Gasteiger partial charge in [-0.05, 0) is 45.2 Å². The molecule has 0 bridgehead atoms. The summed E-state index contributed by atoms with van der Waals surface area (Å²) >= 11 is 0. The molecule has 2 amide bonds. The summed E-state index contributed by atoms with van der Waals surface area (Å²) in [4.78, 5) is 27.9. The fourth-order valence-corrected chi connectivity index (χ4v) is 4.52. The molecule has 2 aliphatic heterocycles. The molecule has 1 aliphatic carbocycles. The number of amides is 2. The molecular formula is C17H29N3O3. The molecule has 3 aliphatic rings. The van der Waals surface area contributed by atoms with Crippen LogP contribution in [0, 0.1) is 0 Å². The number of piperidine rings is 1. The first-order chi connectivity index (χ1) is 11.0. The van der Waals surface area contributed by atoms with Crippen LogP contribution in [0.1, 0.15) is 58.3 Å². The van der Waals surface area contributed by atoms with Crippen molar-refractivity contribution in [1.82, 2.24) is 15.5 Å². The first-order valence-corrected chi connectivity index (χ1v) is 9.09. The van der Waals surface area contributed by atoms with Crippen LogP contribution in [0.2, 0.25) is 0 Å². The predicted octanol–water partition coefficient (Wildman–Crippen LogP) is 0.541. The van der Waals surface area contributed by atoms with Crippen molar-refractivity contribution < 1.29 is 14.7 Å². The lowest BCUT2D eigenvalue weighted by Gasteiger charge is -2.53. The van der Waals surface area contributed by atoms with E-state index >= 15 is 0 Å². The minimum absolute atomic E-state index is 0.0731. The fraction of sp³-hybridized carbons (Fsp3) is 0.882. The van der Waals surface area contributed by atoms with Crippen LogP contribution in [0.15, 0.2) is 0 Å². The molecular weight excluding hydrogens is 294 g/mol. The first kappa shape index (κ1) is 16.7. The minimum atomic E-state index is -1.08. The van der Waals surface area contributed by atoms with Gasteiger partial charge in [0, 0.05) is 6.54 Å². The molecule has 0 aromatic heterocycles. The standard InChI is InChI=1S/C17H29N3O3/c1-2-12-20-14(21)13(17(23)6-4-3-5-7-17)19-15(22)16(20)8-10-18-11-9-16/h13,18,23H,2-12H2,1H3,(H,19,22). The Bertz CT molecular complexity index is 468. The molecule has 1 unspecified atom stereocenters. The van der Waals surface area contributed by atoms with Crippen LogP contribution in [0.3, 0.4) is 0 Å². The Hall–Kier alpha value is -1.14. The average molecular weight is 323 g/mol. The second kappa shape index (κ2) is 6.40. The molecule has 3 rings (SSSR count). The third-order valence-corrected chi connectivity index (χ3v) is 5.86. The quantitative estimate of drug-likeness (QED) is 0.708. The molecule has 1 saturated carbocycles. The van der Waals surface area contributed by atoms with E-state index < -0.39 is 17.2 Å². The lowest BCUT2D eigenvalue weighted by molar-refractivity contribution is -0.169. The Morgan fingerprint density at radius 1 is 1.13 bits per heavy atom. The van der Waals surface area contributed by atoms with Crippen molar-refractivity contribution in [3.63, 3.8) is 0 Å². The number of nitrogens with zero attached hydrogens (tertiary/aromatic N) is 1. The topological polar surface area (TPSA) is 81.7 Å². The number of piperazine rings is 1. The van der Waals surface area contributed by atoms with Gasteiger partial charge in [0.05, 0.1) is 5.60 Å². The number of aliphatic hydroxyl groups is 1. The van der Waals surface area contributed by atoms with Gasteiger partial charge in [-0.15, -0.1) is 0 Å². The summed E-state index contributed by atoms with van der Waals surface area (Å²) in [5, 5.41) is 17.2. The zero-order valence-corrected chi connectivity index (χ0v) is 14.1. The highest BCUT2D eigenvalue weighted by atomic mass is 16.3. The van der Waals surface area contributed by atoms with E-state index in [1.54, 1.807) is 4.90 Å². The summed E-state index contributed by atoms with van der Waals surface area (Å²) in [5.41, 5.74) is -1.80. The van der Waals surface area contributed by atoms with Gasteiger partial charge in [-0.25, -0.2) is 0 Å². The molecule has 3 fully saturated rings. The summed E-state index contributed by atoms with van der Waals surface area (Å²) in [6, 6.07) is -0.776. The first-order valence-electron chi connectivity index (χ1n) is 9.09. The van der Waals surface area contributed by atoms with Crippen LogP contribution < -0.4 is 10.6 Å². The van der Waals surface area contributed by atoms with Crippen LogP contribution in [0.5, 0.6) is 0 Å². The largest absolute Gasteiger partial charge is 0.387 e. The average Bonchev–Trinajstić information content (AvgIpc) is 2.57.